The summed E-state index contributed by atoms with van der Waals surface area (Å²) >= 11 is 1.56. The van der Waals surface area contributed by atoms with Gasteiger partial charge in [-0.05, 0) is 54.6 Å². The summed E-state index contributed by atoms with van der Waals surface area (Å²) in [5, 5.41) is 4.71. The molecule has 0 radical (unpaired) electrons. The maximum atomic E-state index is 12.9. The molecule has 0 saturated carbocycles. The fourth-order valence-corrected chi connectivity index (χ4v) is 5.25. The standard InChI is InChI=1S/C19H22N2O4S2/c1-14-7-12-26-17(14)5-6-19(22)20-16-4-3-15(2)18(13-16)27(23,24)21-8-10-25-11-9-21/h3-7,12-13H,8-11H2,1-2H3,(H,20,22)/b6-5+. The van der Waals surface area contributed by atoms with Crippen molar-refractivity contribution in [3.8, 4) is 0 Å². The van der Waals surface area contributed by atoms with Gasteiger partial charge in [-0.25, -0.2) is 8.42 Å². The van der Waals surface area contributed by atoms with Crippen LogP contribution in [0.15, 0.2) is 40.6 Å². The van der Waals surface area contributed by atoms with Gasteiger partial charge in [-0.1, -0.05) is 6.07 Å². The number of carbonyl (C=O) groups excluding carboxylic acids is 1. The van der Waals surface area contributed by atoms with Crippen molar-refractivity contribution in [3.05, 3.63) is 51.7 Å². The molecule has 1 aliphatic heterocycles. The average molecular weight is 407 g/mol. The van der Waals surface area contributed by atoms with Crippen LogP contribution in [-0.2, 0) is 19.6 Å². The molecule has 0 aliphatic carbocycles. The number of ether oxygens (including phenoxy) is 1. The molecule has 1 fully saturated rings. The fraction of sp³-hybridized carbons (Fsp3) is 0.316. The van der Waals surface area contributed by atoms with Crippen LogP contribution in [0, 0.1) is 13.8 Å². The van der Waals surface area contributed by atoms with Crippen molar-refractivity contribution < 1.29 is 17.9 Å². The minimum atomic E-state index is -3.62. The van der Waals surface area contributed by atoms with Crippen molar-refractivity contribution in [2.75, 3.05) is 31.6 Å². The Morgan fingerprint density at radius 3 is 2.59 bits per heavy atom. The summed E-state index contributed by atoms with van der Waals surface area (Å²) in [5.74, 6) is -0.304. The Morgan fingerprint density at radius 1 is 1.19 bits per heavy atom. The average Bonchev–Trinajstić information content (AvgIpc) is 3.07. The van der Waals surface area contributed by atoms with Crippen molar-refractivity contribution in [1.82, 2.24) is 4.31 Å². The molecule has 8 heteroatoms. The first-order valence-corrected chi connectivity index (χ1v) is 10.9. The van der Waals surface area contributed by atoms with E-state index in [0.29, 0.717) is 37.6 Å². The van der Waals surface area contributed by atoms with E-state index in [1.165, 1.54) is 16.4 Å². The number of carbonyl (C=O) groups is 1. The van der Waals surface area contributed by atoms with Crippen molar-refractivity contribution in [1.29, 1.82) is 0 Å². The molecule has 2 aromatic rings. The third-order valence-electron chi connectivity index (χ3n) is 4.33. The minimum Gasteiger partial charge on any atom is -0.379 e. The highest BCUT2D eigenvalue weighted by atomic mass is 32.2. The minimum absolute atomic E-state index is 0.209. The van der Waals surface area contributed by atoms with Gasteiger partial charge in [-0.3, -0.25) is 4.79 Å². The number of aryl methyl sites for hydroxylation is 2. The molecule has 0 bridgehead atoms. The first-order valence-electron chi connectivity index (χ1n) is 8.59. The number of morpholine rings is 1. The van der Waals surface area contributed by atoms with Crippen LogP contribution in [0.1, 0.15) is 16.0 Å². The van der Waals surface area contributed by atoms with Crippen LogP contribution < -0.4 is 5.32 Å². The Morgan fingerprint density at radius 2 is 1.93 bits per heavy atom. The van der Waals surface area contributed by atoms with E-state index >= 15 is 0 Å². The molecule has 144 valence electrons. The van der Waals surface area contributed by atoms with Gasteiger partial charge in [-0.2, -0.15) is 4.31 Å². The highest BCUT2D eigenvalue weighted by Gasteiger charge is 2.28. The lowest BCUT2D eigenvalue weighted by Gasteiger charge is -2.26. The quantitative estimate of drug-likeness (QED) is 0.775. The molecule has 0 unspecified atom stereocenters. The summed E-state index contributed by atoms with van der Waals surface area (Å²) in [4.78, 5) is 13.4. The Bertz CT molecular complexity index is 958. The fourth-order valence-electron chi connectivity index (χ4n) is 2.77. The van der Waals surface area contributed by atoms with Crippen molar-refractivity contribution >= 4 is 39.0 Å². The molecule has 2 heterocycles. The van der Waals surface area contributed by atoms with E-state index in [9.17, 15) is 13.2 Å². The number of sulfonamides is 1. The van der Waals surface area contributed by atoms with Crippen LogP contribution >= 0.6 is 11.3 Å². The Labute approximate surface area is 163 Å². The molecule has 1 saturated heterocycles. The van der Waals surface area contributed by atoms with Gasteiger partial charge in [-0.15, -0.1) is 11.3 Å². The summed E-state index contributed by atoms with van der Waals surface area (Å²) < 4.78 is 32.5. The van der Waals surface area contributed by atoms with Gasteiger partial charge in [0.25, 0.3) is 0 Å². The number of amides is 1. The number of anilines is 1. The summed E-state index contributed by atoms with van der Waals surface area (Å²) in [7, 11) is -3.62. The molecule has 1 N–H and O–H groups in total. The Balaban J connectivity index is 1.77. The summed E-state index contributed by atoms with van der Waals surface area (Å²) in [6.45, 7) is 5.18. The van der Waals surface area contributed by atoms with Crippen LogP contribution in [-0.4, -0.2) is 44.9 Å². The first kappa shape index (κ1) is 19.8. The molecule has 1 aliphatic rings. The van der Waals surface area contributed by atoms with Gasteiger partial charge in [0.05, 0.1) is 18.1 Å². The Hall–Kier alpha value is -2.00. The maximum absolute atomic E-state index is 12.9. The van der Waals surface area contributed by atoms with Gasteiger partial charge in [0, 0.05) is 29.7 Å². The van der Waals surface area contributed by atoms with E-state index in [1.807, 2.05) is 18.4 Å². The summed E-state index contributed by atoms with van der Waals surface area (Å²) in [6, 6.07) is 6.92. The molecule has 3 rings (SSSR count). The molecule has 0 atom stereocenters. The van der Waals surface area contributed by atoms with Crippen LogP contribution in [0.3, 0.4) is 0 Å². The van der Waals surface area contributed by atoms with Gasteiger partial charge in [0.15, 0.2) is 0 Å². The molecule has 1 aromatic carbocycles. The second-order valence-electron chi connectivity index (χ2n) is 6.29. The van der Waals surface area contributed by atoms with E-state index in [4.69, 9.17) is 4.74 Å². The van der Waals surface area contributed by atoms with Gasteiger partial charge >= 0.3 is 0 Å². The van der Waals surface area contributed by atoms with Crippen LogP contribution in [0.25, 0.3) is 6.08 Å². The zero-order valence-electron chi connectivity index (χ0n) is 15.3. The number of nitrogens with zero attached hydrogens (tertiary/aromatic N) is 1. The zero-order valence-corrected chi connectivity index (χ0v) is 16.9. The molecule has 1 aromatic heterocycles. The van der Waals surface area contributed by atoms with Crippen molar-refractivity contribution in [2.45, 2.75) is 18.7 Å². The lowest BCUT2D eigenvalue weighted by atomic mass is 10.2. The van der Waals surface area contributed by atoms with E-state index in [2.05, 4.69) is 5.32 Å². The maximum Gasteiger partial charge on any atom is 0.248 e. The number of hydrogen-bond donors (Lipinski definition) is 1. The van der Waals surface area contributed by atoms with Gasteiger partial charge in [0.1, 0.15) is 0 Å². The second-order valence-corrected chi connectivity index (χ2v) is 9.14. The number of rotatable bonds is 5. The van der Waals surface area contributed by atoms with Crippen molar-refractivity contribution in [3.63, 3.8) is 0 Å². The molecule has 27 heavy (non-hydrogen) atoms. The van der Waals surface area contributed by atoms with E-state index < -0.39 is 10.0 Å². The van der Waals surface area contributed by atoms with Crippen LogP contribution in [0.2, 0.25) is 0 Å². The molecule has 0 spiro atoms. The number of benzene rings is 1. The Kier molecular flexibility index (Phi) is 6.11. The third kappa shape index (κ3) is 4.65. The molecule has 6 nitrogen and oxygen atoms in total. The molecular weight excluding hydrogens is 384 g/mol. The lowest BCUT2D eigenvalue weighted by molar-refractivity contribution is -0.111. The van der Waals surface area contributed by atoms with E-state index in [0.717, 1.165) is 10.4 Å². The summed E-state index contributed by atoms with van der Waals surface area (Å²) in [5.41, 5.74) is 2.20. The SMILES string of the molecule is Cc1ccc(NC(=O)/C=C/c2sccc2C)cc1S(=O)(=O)N1CCOCC1. The second kappa shape index (κ2) is 8.35. The van der Waals surface area contributed by atoms with Crippen molar-refractivity contribution in [2.24, 2.45) is 0 Å². The monoisotopic (exact) mass is 406 g/mol. The highest BCUT2D eigenvalue weighted by molar-refractivity contribution is 7.89. The highest BCUT2D eigenvalue weighted by Crippen LogP contribution is 2.24. The predicted octanol–water partition coefficient (Wildman–Crippen LogP) is 3.04. The largest absolute Gasteiger partial charge is 0.379 e. The number of hydrogen-bond acceptors (Lipinski definition) is 5. The topological polar surface area (TPSA) is 75.7 Å². The smallest absolute Gasteiger partial charge is 0.248 e. The first-order chi connectivity index (χ1) is 12.9. The van der Waals surface area contributed by atoms with E-state index in [1.54, 1.807) is 36.5 Å². The van der Waals surface area contributed by atoms with E-state index in [-0.39, 0.29) is 10.8 Å². The lowest BCUT2D eigenvalue weighted by Crippen LogP contribution is -2.40. The van der Waals surface area contributed by atoms with Gasteiger partial charge in [0.2, 0.25) is 15.9 Å². The predicted molar refractivity (Wildman–Crippen MR) is 107 cm³/mol. The van der Waals surface area contributed by atoms with Crippen LogP contribution in [0.4, 0.5) is 5.69 Å². The summed E-state index contributed by atoms with van der Waals surface area (Å²) in [6.07, 6.45) is 3.21. The third-order valence-corrected chi connectivity index (χ3v) is 7.36. The normalized spacial score (nSPS) is 15.9. The van der Waals surface area contributed by atoms with Gasteiger partial charge < -0.3 is 10.1 Å². The number of nitrogens with one attached hydrogen (secondary N) is 1. The molecular formula is C19H22N2O4S2. The number of thiophene rings is 1. The zero-order chi connectivity index (χ0) is 19.4. The molecule has 1 amide bonds. The van der Waals surface area contributed by atoms with Crippen LogP contribution in [0.5, 0.6) is 0 Å².